The van der Waals surface area contributed by atoms with E-state index in [4.69, 9.17) is 52.1 Å². The molecule has 88 heavy (non-hydrogen) atoms. The molecule has 0 amide bonds. The Kier molecular flexibility index (Phi) is 19.9. The van der Waals surface area contributed by atoms with Crippen molar-refractivity contribution in [3.8, 4) is 0 Å². The molecule has 0 aromatic rings. The summed E-state index contributed by atoms with van der Waals surface area (Å²) in [6.45, 7) is 13.7. The fraction of sp³-hybridized carbons (Fsp3) is 0.867. The summed E-state index contributed by atoms with van der Waals surface area (Å²) in [6, 6.07) is 0. The van der Waals surface area contributed by atoms with Gasteiger partial charge in [0.2, 0.25) is 0 Å². The number of fused-ring (bicyclic) bond motifs is 7. The van der Waals surface area contributed by atoms with Crippen LogP contribution in [0, 0.1) is 50.2 Å². The first-order chi connectivity index (χ1) is 41.2. The second-order valence-electron chi connectivity index (χ2n) is 27.6. The van der Waals surface area contributed by atoms with Crippen molar-refractivity contribution >= 4 is 23.9 Å². The predicted molar refractivity (Wildman–Crippen MR) is 295 cm³/mol. The summed E-state index contributed by atoms with van der Waals surface area (Å²) in [5, 5.41) is 144. The molecule has 4 saturated carbocycles. The molecule has 28 nitrogen and oxygen atoms in total. The Morgan fingerprint density at radius 3 is 1.90 bits per heavy atom. The Hall–Kier alpha value is -3.44. The molecule has 30 atom stereocenters. The molecule has 28 heteroatoms. The van der Waals surface area contributed by atoms with E-state index in [2.05, 4.69) is 26.8 Å². The Labute approximate surface area is 509 Å². The summed E-state index contributed by atoms with van der Waals surface area (Å²) >= 11 is 0. The molecule has 0 aromatic carbocycles. The summed E-state index contributed by atoms with van der Waals surface area (Å²) in [5.74, 6) is -5.18. The summed E-state index contributed by atoms with van der Waals surface area (Å²) in [7, 11) is 1.20. The highest BCUT2D eigenvalue weighted by molar-refractivity contribution is 5.87. The van der Waals surface area contributed by atoms with Crippen molar-refractivity contribution in [2.45, 2.75) is 242 Å². The standard InChI is InChI=1S/C60H92O28/c1-11-24(2)49(76)88-47-46(73)60(23-62)27(18-55(47,4)5)26-12-13-31-56(6)16-15-33(59(9,54(77)78-10)32(56)14-17-57(31,7)58(26,8)19-34(60)81-25(3)63)83-53-45(87-51-40(71)38(69)37(68)30(20-61)82-51)42(41(72)43(85-53)48(74)75)84-52-44(36(67)29(65)22-80-52)86-50-39(70)35(66)28(64)21-79-50/h11-12,27-47,50-53,61-62,64-73H,13-23H2,1-10H3,(H,74,75)/b24-11-/t27-,28+,29-,30+,31+,32+,33-,34+,35-,36-,37-,38-,39+,40+,41-,42-,43-,44?,45+,46-,47-,50-,51-,52-,53?,56+,57+,58+,59-,60-/m0/s1. The maximum Gasteiger partial charge on any atom is 0.335 e. The summed E-state index contributed by atoms with van der Waals surface area (Å²) in [5.41, 5.74) is -4.90. The van der Waals surface area contributed by atoms with Crippen molar-refractivity contribution in [3.63, 3.8) is 0 Å². The summed E-state index contributed by atoms with van der Waals surface area (Å²) < 4.78 is 66.4. The Morgan fingerprint density at radius 2 is 1.28 bits per heavy atom. The third-order valence-corrected chi connectivity index (χ3v) is 22.5. The number of hydrogen-bond donors (Lipinski definition) is 13. The van der Waals surface area contributed by atoms with E-state index in [1.54, 1.807) is 26.8 Å². The van der Waals surface area contributed by atoms with Gasteiger partial charge in [0.1, 0.15) is 97.7 Å². The highest BCUT2D eigenvalue weighted by Gasteiger charge is 2.75. The number of aliphatic hydroxyl groups is 12. The van der Waals surface area contributed by atoms with Crippen molar-refractivity contribution in [2.24, 2.45) is 50.2 Å². The van der Waals surface area contributed by atoms with Gasteiger partial charge in [0.05, 0.1) is 50.5 Å². The van der Waals surface area contributed by atoms with Crippen LogP contribution < -0.4 is 0 Å². The third kappa shape index (κ3) is 11.2. The average molecular weight is 1260 g/mol. The molecule has 13 N–H and O–H groups in total. The number of methoxy groups -OCH3 is 1. The number of carbonyl (C=O) groups is 4. The van der Waals surface area contributed by atoms with Gasteiger partial charge in [-0.25, -0.2) is 9.59 Å². The number of aliphatic carboxylic acids is 1. The van der Waals surface area contributed by atoms with Crippen molar-refractivity contribution in [1.82, 2.24) is 0 Å². The van der Waals surface area contributed by atoms with Gasteiger partial charge in [0.25, 0.3) is 0 Å². The fourth-order valence-corrected chi connectivity index (χ4v) is 17.3. The lowest BCUT2D eigenvalue weighted by molar-refractivity contribution is -0.399. The molecule has 2 unspecified atom stereocenters. The molecule has 8 fully saturated rings. The molecule has 0 spiro atoms. The van der Waals surface area contributed by atoms with E-state index in [9.17, 15) is 85.6 Å². The number of carbonyl (C=O) groups excluding carboxylic acids is 3. The first-order valence-electron chi connectivity index (χ1n) is 30.4. The minimum absolute atomic E-state index is 0.0341. The SMILES string of the molecule is C/C=C(/C)C(=O)O[C@H]1[C@H](O)[C@]2(CO)[C@H](OC(C)=O)C[C@]3(C)C(=CC[C@@H]4[C@@]5(C)CC[C@H](OC6O[C@H](C(=O)O)[C@@H](O)[C@H](O[C@@H]7OC[C@H](O)[C@H](O)C7O[C@@H]7OC[C@@H](O)[C@H](O)[C@H]7O)[C@H]6O[C@@H]6O[C@H](CO)[C@H](O)[C@H](O)[C@H]6O)[C@@](C)(C(=O)OC)[C@@H]5CC[C@]43C)[C@@H]2CC1(C)C. The van der Waals surface area contributed by atoms with Crippen LogP contribution in [0.2, 0.25) is 0 Å². The second kappa shape index (κ2) is 25.5. The molecule has 9 aliphatic rings. The van der Waals surface area contributed by atoms with Gasteiger partial charge in [-0.05, 0) is 99.7 Å². The molecule has 9 rings (SSSR count). The number of carboxylic acids is 1. The highest BCUT2D eigenvalue weighted by atomic mass is 16.8. The molecule has 4 heterocycles. The Morgan fingerprint density at radius 1 is 0.659 bits per heavy atom. The Balaban J connectivity index is 1.08. The largest absolute Gasteiger partial charge is 0.479 e. The van der Waals surface area contributed by atoms with Gasteiger partial charge in [0.15, 0.2) is 31.3 Å². The van der Waals surface area contributed by atoms with E-state index in [-0.39, 0.29) is 18.8 Å². The van der Waals surface area contributed by atoms with E-state index in [1.165, 1.54) is 14.0 Å². The van der Waals surface area contributed by atoms with Crippen LogP contribution in [0.3, 0.4) is 0 Å². The smallest absolute Gasteiger partial charge is 0.335 e. The van der Waals surface area contributed by atoms with Crippen LogP contribution in [0.15, 0.2) is 23.3 Å². The van der Waals surface area contributed by atoms with Crippen LogP contribution in [0.25, 0.3) is 0 Å². The van der Waals surface area contributed by atoms with E-state index in [0.29, 0.717) is 37.7 Å². The fourth-order valence-electron chi connectivity index (χ4n) is 17.3. The molecular weight excluding hydrogens is 1170 g/mol. The first kappa shape index (κ1) is 68.9. The van der Waals surface area contributed by atoms with Crippen LogP contribution in [-0.4, -0.2) is 259 Å². The van der Waals surface area contributed by atoms with Gasteiger partial charge in [-0.3, -0.25) is 9.59 Å². The predicted octanol–water partition coefficient (Wildman–Crippen LogP) is -2.04. The van der Waals surface area contributed by atoms with Crippen LogP contribution in [0.4, 0.5) is 0 Å². The minimum atomic E-state index is -2.31. The topological polar surface area (TPSA) is 433 Å². The van der Waals surface area contributed by atoms with Gasteiger partial charge in [-0.15, -0.1) is 0 Å². The quantitative estimate of drug-likeness (QED) is 0.0276. The van der Waals surface area contributed by atoms with E-state index in [0.717, 1.165) is 5.57 Å². The molecule has 4 aliphatic heterocycles. The van der Waals surface area contributed by atoms with Crippen LogP contribution >= 0.6 is 0 Å². The summed E-state index contributed by atoms with van der Waals surface area (Å²) in [6.07, 6.45) is -34.2. The van der Waals surface area contributed by atoms with Gasteiger partial charge in [-0.1, -0.05) is 52.3 Å². The van der Waals surface area contributed by atoms with Crippen molar-refractivity contribution in [2.75, 3.05) is 33.5 Å². The maximum atomic E-state index is 15.0. The maximum absolute atomic E-state index is 15.0. The van der Waals surface area contributed by atoms with E-state index < -0.39 is 230 Å². The minimum Gasteiger partial charge on any atom is -0.479 e. The van der Waals surface area contributed by atoms with Gasteiger partial charge >= 0.3 is 23.9 Å². The molecule has 0 bridgehead atoms. The Bertz CT molecular complexity index is 2620. The zero-order chi connectivity index (χ0) is 64.9. The van der Waals surface area contributed by atoms with Gasteiger partial charge in [0, 0.05) is 17.9 Å². The molecule has 5 aliphatic carbocycles. The van der Waals surface area contributed by atoms with Crippen molar-refractivity contribution in [1.29, 1.82) is 0 Å². The number of allylic oxidation sites excluding steroid dienone is 3. The number of hydrogen-bond acceptors (Lipinski definition) is 27. The van der Waals surface area contributed by atoms with Crippen molar-refractivity contribution < 1.29 is 138 Å². The van der Waals surface area contributed by atoms with Crippen LogP contribution in [-0.2, 0) is 71.3 Å². The van der Waals surface area contributed by atoms with Crippen molar-refractivity contribution in [3.05, 3.63) is 23.3 Å². The highest BCUT2D eigenvalue weighted by Crippen LogP contribution is 2.76. The molecule has 0 radical (unpaired) electrons. The summed E-state index contributed by atoms with van der Waals surface area (Å²) in [4.78, 5) is 54.9. The lowest BCUT2D eigenvalue weighted by atomic mass is 9.33. The zero-order valence-corrected chi connectivity index (χ0v) is 51.3. The molecule has 500 valence electrons. The van der Waals surface area contributed by atoms with E-state index >= 15 is 0 Å². The van der Waals surface area contributed by atoms with Gasteiger partial charge < -0.3 is 118 Å². The van der Waals surface area contributed by atoms with Gasteiger partial charge in [-0.2, -0.15) is 0 Å². The molecule has 4 saturated heterocycles. The number of esters is 3. The molecule has 0 aromatic heterocycles. The number of carboxylic acid groups (broad SMARTS) is 1. The number of rotatable bonds is 15. The number of aliphatic hydroxyl groups excluding tert-OH is 12. The second-order valence-corrected chi connectivity index (χ2v) is 27.6. The zero-order valence-electron chi connectivity index (χ0n) is 51.3. The lowest BCUT2D eigenvalue weighted by Gasteiger charge is -2.72. The van der Waals surface area contributed by atoms with Crippen LogP contribution in [0.1, 0.15) is 107 Å². The van der Waals surface area contributed by atoms with E-state index in [1.807, 2.05) is 13.8 Å². The normalized spacial score (nSPS) is 50.2. The van der Waals surface area contributed by atoms with Crippen LogP contribution in [0.5, 0.6) is 0 Å². The third-order valence-electron chi connectivity index (χ3n) is 22.5. The average Bonchev–Trinajstić information content (AvgIpc) is 0.672. The monoisotopic (exact) mass is 1260 g/mol. The first-order valence-corrected chi connectivity index (χ1v) is 30.4. The number of ether oxygens (including phenoxy) is 11. The molecular formula is C60H92O28. The lowest BCUT2D eigenvalue weighted by Crippen LogP contribution is -2.72.